The van der Waals surface area contributed by atoms with Gasteiger partial charge in [-0.3, -0.25) is 25.2 Å². The number of carbonyl (C=O) groups is 2. The second-order valence-corrected chi connectivity index (χ2v) is 8.75. The molecule has 1 heterocycles. The Bertz CT molecular complexity index is 815. The van der Waals surface area contributed by atoms with Gasteiger partial charge < -0.3 is 16.6 Å². The number of halogens is 2. The Kier molecular flexibility index (Phi) is 10.9. The predicted octanol–water partition coefficient (Wildman–Crippen LogP) is 2.28. The molecular weight excluding hydrogens is 453 g/mol. The van der Waals surface area contributed by atoms with Crippen molar-refractivity contribution in [2.75, 3.05) is 6.54 Å². The van der Waals surface area contributed by atoms with E-state index in [0.29, 0.717) is 18.4 Å². The highest BCUT2D eigenvalue weighted by molar-refractivity contribution is 6.00. The number of hydrogen-bond donors (Lipinski definition) is 5. The Morgan fingerprint density at radius 3 is 2.44 bits per heavy atom. The number of likely N-dealkylation sites (tertiary alicyclic amines) is 1. The summed E-state index contributed by atoms with van der Waals surface area (Å²) in [5, 5.41) is 20.1. The Labute approximate surface area is 201 Å². The van der Waals surface area contributed by atoms with E-state index in [0.717, 1.165) is 18.5 Å². The molecule has 1 aliphatic heterocycles. The molecule has 1 aliphatic carbocycles. The Morgan fingerprint density at radius 1 is 1.22 bits per heavy atom. The third-order valence-electron chi connectivity index (χ3n) is 6.45. The lowest BCUT2D eigenvalue weighted by atomic mass is 9.79. The smallest absolute Gasteiger partial charge is 0.243 e. The van der Waals surface area contributed by atoms with Gasteiger partial charge in [-0.2, -0.15) is 0 Å². The fourth-order valence-electron chi connectivity index (χ4n) is 4.79. The molecule has 2 amide bonds. The van der Waals surface area contributed by atoms with Gasteiger partial charge in [0.05, 0.1) is 17.6 Å². The van der Waals surface area contributed by atoms with Crippen molar-refractivity contribution in [3.05, 3.63) is 29.3 Å². The van der Waals surface area contributed by atoms with Crippen molar-refractivity contribution in [2.45, 2.75) is 64.1 Å². The van der Waals surface area contributed by atoms with Crippen molar-refractivity contribution in [3.63, 3.8) is 0 Å². The summed E-state index contributed by atoms with van der Waals surface area (Å²) < 4.78 is 0. The number of phenols is 1. The maximum atomic E-state index is 12.9. The van der Waals surface area contributed by atoms with E-state index in [1.807, 2.05) is 6.07 Å². The zero-order valence-corrected chi connectivity index (χ0v) is 20.0. The molecule has 1 saturated heterocycles. The van der Waals surface area contributed by atoms with E-state index >= 15 is 0 Å². The molecule has 3 atom stereocenters. The molecule has 1 aromatic carbocycles. The van der Waals surface area contributed by atoms with Gasteiger partial charge in [-0.25, -0.2) is 0 Å². The Morgan fingerprint density at radius 2 is 1.88 bits per heavy atom. The van der Waals surface area contributed by atoms with Gasteiger partial charge in [0.25, 0.3) is 0 Å². The number of nitrogens with two attached hydrogens (primary N) is 2. The van der Waals surface area contributed by atoms with Gasteiger partial charge in [0.1, 0.15) is 11.6 Å². The monoisotopic (exact) mass is 487 g/mol. The molecule has 3 rings (SSSR count). The van der Waals surface area contributed by atoms with E-state index in [1.165, 1.54) is 32.1 Å². The maximum absolute atomic E-state index is 12.9. The number of nitrogens with zero attached hydrogens (tertiary/aromatic N) is 1. The van der Waals surface area contributed by atoms with Crippen LogP contribution < -0.4 is 16.8 Å². The number of nitrogens with one attached hydrogen (secondary N) is 2. The highest BCUT2D eigenvalue weighted by Crippen LogP contribution is 2.38. The second-order valence-electron chi connectivity index (χ2n) is 8.75. The summed E-state index contributed by atoms with van der Waals surface area (Å²) in [4.78, 5) is 26.9. The lowest BCUT2D eigenvalue weighted by Gasteiger charge is -2.27. The summed E-state index contributed by atoms with van der Waals surface area (Å²) in [5.74, 6) is 0.0124. The summed E-state index contributed by atoms with van der Waals surface area (Å²) in [6.07, 6.45) is 6.87. The zero-order chi connectivity index (χ0) is 21.8. The predicted molar refractivity (Wildman–Crippen MR) is 129 cm³/mol. The quantitative estimate of drug-likeness (QED) is 0.307. The van der Waals surface area contributed by atoms with E-state index in [1.54, 1.807) is 19.1 Å². The maximum Gasteiger partial charge on any atom is 0.243 e. The van der Waals surface area contributed by atoms with Crippen molar-refractivity contribution in [1.82, 2.24) is 10.2 Å². The van der Waals surface area contributed by atoms with Gasteiger partial charge in [-0.15, -0.1) is 24.8 Å². The van der Waals surface area contributed by atoms with E-state index in [2.05, 4.69) is 10.2 Å². The van der Waals surface area contributed by atoms with Crippen LogP contribution in [0.5, 0.6) is 5.75 Å². The molecular formula is C22H35Cl2N5O3. The molecule has 7 N–H and O–H groups in total. The number of amidine groups is 1. The minimum atomic E-state index is -0.742. The zero-order valence-electron chi connectivity index (χ0n) is 18.4. The van der Waals surface area contributed by atoms with Crippen LogP contribution in [0.25, 0.3) is 0 Å². The van der Waals surface area contributed by atoms with Crippen LogP contribution in [0.15, 0.2) is 18.2 Å². The number of aromatic hydroxyl groups is 1. The molecule has 1 saturated carbocycles. The lowest BCUT2D eigenvalue weighted by molar-refractivity contribution is -0.133. The molecule has 8 nitrogen and oxygen atoms in total. The minimum Gasteiger partial charge on any atom is -0.507 e. The van der Waals surface area contributed by atoms with E-state index in [9.17, 15) is 14.7 Å². The van der Waals surface area contributed by atoms with Crippen LogP contribution in [0.4, 0.5) is 0 Å². The first-order chi connectivity index (χ1) is 14.3. The van der Waals surface area contributed by atoms with Crippen LogP contribution in [0.2, 0.25) is 0 Å². The van der Waals surface area contributed by atoms with Crippen LogP contribution in [0.1, 0.15) is 56.6 Å². The Hall–Kier alpha value is -1.87. The third-order valence-corrected chi connectivity index (χ3v) is 6.45. The normalized spacial score (nSPS) is 22.3. The minimum absolute atomic E-state index is 0. The molecule has 0 radical (unpaired) electrons. The topological polar surface area (TPSA) is 146 Å². The molecule has 0 spiro atoms. The van der Waals surface area contributed by atoms with E-state index < -0.39 is 18.0 Å². The number of hydrogen-bond acceptors (Lipinski definition) is 6. The number of phenolic OH excluding ortho intramolecular Hbond substituents is 1. The standard InChI is InChI=1S/C22H33N5O3.2ClH/c1-13(23)21(29)26-22(30)18-10-16(15-5-3-2-4-6-15)12-27(18)11-14-7-8-17(20(24)25)19(28)9-14;;/h7-9,13,15-16,18,28H,2-6,10-12,23H2,1H3,(H3,24,25)(H,26,29,30);2*1H/t13-,16?,18-;;/m0../s1. The first kappa shape index (κ1) is 28.2. The summed E-state index contributed by atoms with van der Waals surface area (Å²) in [7, 11) is 0. The van der Waals surface area contributed by atoms with Crippen LogP contribution in [0.3, 0.4) is 0 Å². The summed E-state index contributed by atoms with van der Waals surface area (Å²) in [6.45, 7) is 2.81. The van der Waals surface area contributed by atoms with Crippen LogP contribution >= 0.6 is 24.8 Å². The summed E-state index contributed by atoms with van der Waals surface area (Å²) >= 11 is 0. The van der Waals surface area contributed by atoms with Crippen LogP contribution in [-0.2, 0) is 16.1 Å². The van der Waals surface area contributed by atoms with Crippen molar-refractivity contribution in [2.24, 2.45) is 23.3 Å². The van der Waals surface area contributed by atoms with E-state index in [-0.39, 0.29) is 47.9 Å². The first-order valence-corrected chi connectivity index (χ1v) is 10.8. The number of imide groups is 1. The molecule has 10 heteroatoms. The van der Waals surface area contributed by atoms with E-state index in [4.69, 9.17) is 16.9 Å². The second kappa shape index (κ2) is 12.4. The molecule has 180 valence electrons. The highest BCUT2D eigenvalue weighted by atomic mass is 35.5. The fraction of sp³-hybridized carbons (Fsp3) is 0.591. The number of amides is 2. The molecule has 1 aromatic rings. The van der Waals surface area contributed by atoms with Crippen LogP contribution in [0, 0.1) is 17.2 Å². The van der Waals surface area contributed by atoms with Crippen molar-refractivity contribution >= 4 is 42.5 Å². The largest absolute Gasteiger partial charge is 0.507 e. The molecule has 1 unspecified atom stereocenters. The molecule has 0 bridgehead atoms. The average Bonchev–Trinajstić information content (AvgIpc) is 3.12. The summed E-state index contributed by atoms with van der Waals surface area (Å²) in [5.41, 5.74) is 12.2. The van der Waals surface area contributed by atoms with Crippen molar-refractivity contribution in [1.29, 1.82) is 5.41 Å². The van der Waals surface area contributed by atoms with Crippen molar-refractivity contribution < 1.29 is 14.7 Å². The summed E-state index contributed by atoms with van der Waals surface area (Å²) in [6, 6.07) is 3.87. The molecule has 32 heavy (non-hydrogen) atoms. The van der Waals surface area contributed by atoms with Gasteiger partial charge in [0, 0.05) is 13.1 Å². The number of benzene rings is 1. The number of rotatable bonds is 6. The first-order valence-electron chi connectivity index (χ1n) is 10.8. The van der Waals surface area contributed by atoms with Gasteiger partial charge in [-0.1, -0.05) is 38.2 Å². The lowest BCUT2D eigenvalue weighted by Crippen LogP contribution is -2.49. The Balaban J connectivity index is 0.00000256. The molecule has 2 aliphatic rings. The van der Waals surface area contributed by atoms with Crippen LogP contribution in [-0.4, -0.2) is 46.3 Å². The average molecular weight is 488 g/mol. The highest BCUT2D eigenvalue weighted by Gasteiger charge is 2.40. The van der Waals surface area contributed by atoms with Gasteiger partial charge >= 0.3 is 0 Å². The van der Waals surface area contributed by atoms with Gasteiger partial charge in [-0.05, 0) is 42.9 Å². The van der Waals surface area contributed by atoms with Crippen molar-refractivity contribution in [3.8, 4) is 5.75 Å². The SMILES string of the molecule is C[C@H](N)C(=O)NC(=O)[C@@H]1CC(C2CCCCC2)CN1Cc1ccc(C(=N)N)c(O)c1.Cl.Cl. The number of nitrogen functional groups attached to an aromatic ring is 1. The molecule has 0 aromatic heterocycles. The molecule has 2 fully saturated rings. The third kappa shape index (κ3) is 6.81. The number of carbonyl (C=O) groups excluding carboxylic acids is 2. The fourth-order valence-corrected chi connectivity index (χ4v) is 4.79. The van der Waals surface area contributed by atoms with Gasteiger partial charge in [0.15, 0.2) is 0 Å². The van der Waals surface area contributed by atoms with Gasteiger partial charge in [0.2, 0.25) is 11.8 Å².